The van der Waals surface area contributed by atoms with Crippen molar-refractivity contribution in [2.24, 2.45) is 0 Å². The first-order valence-corrected chi connectivity index (χ1v) is 8.99. The molecule has 1 aliphatic rings. The molecule has 1 atom stereocenters. The fourth-order valence-electron chi connectivity index (χ4n) is 3.23. The van der Waals surface area contributed by atoms with Gasteiger partial charge in [-0.05, 0) is 24.1 Å². The summed E-state index contributed by atoms with van der Waals surface area (Å²) >= 11 is 6.10. The van der Waals surface area contributed by atoms with Crippen LogP contribution in [0.3, 0.4) is 0 Å². The van der Waals surface area contributed by atoms with Crippen LogP contribution < -0.4 is 10.2 Å². The van der Waals surface area contributed by atoms with Gasteiger partial charge in [0.15, 0.2) is 5.82 Å². The summed E-state index contributed by atoms with van der Waals surface area (Å²) in [5, 5.41) is 11.1. The standard InChI is InChI=1S/C20H19ClN4O/c21-17-9-5-4-8-16(17)20(26)22-15-10-11-25(13-15)19-12-18(23-24-19)14-6-2-1-3-7-14/h1-9,12,15H,10-11,13H2,(H,22,26)(H,23,24)/t15-/m1/s1. The predicted molar refractivity (Wildman–Crippen MR) is 104 cm³/mol. The average molecular weight is 367 g/mol. The van der Waals surface area contributed by atoms with Gasteiger partial charge in [0.2, 0.25) is 0 Å². The predicted octanol–water partition coefficient (Wildman–Crippen LogP) is 3.74. The maximum absolute atomic E-state index is 12.4. The second kappa shape index (κ2) is 7.22. The normalized spacial score (nSPS) is 16.7. The molecular weight excluding hydrogens is 348 g/mol. The van der Waals surface area contributed by atoms with Crippen LogP contribution in [0.1, 0.15) is 16.8 Å². The van der Waals surface area contributed by atoms with E-state index in [2.05, 4.69) is 20.4 Å². The zero-order valence-electron chi connectivity index (χ0n) is 14.2. The highest BCUT2D eigenvalue weighted by atomic mass is 35.5. The number of nitrogens with zero attached hydrogens (tertiary/aromatic N) is 2. The van der Waals surface area contributed by atoms with Gasteiger partial charge in [-0.15, -0.1) is 0 Å². The van der Waals surface area contributed by atoms with Crippen molar-refractivity contribution in [1.82, 2.24) is 15.5 Å². The van der Waals surface area contributed by atoms with Crippen LogP contribution in [0.5, 0.6) is 0 Å². The molecule has 2 aromatic carbocycles. The van der Waals surface area contributed by atoms with Crippen molar-refractivity contribution in [1.29, 1.82) is 0 Å². The molecule has 0 spiro atoms. The lowest BCUT2D eigenvalue weighted by Gasteiger charge is -2.16. The number of hydrogen-bond acceptors (Lipinski definition) is 3. The summed E-state index contributed by atoms with van der Waals surface area (Å²) in [6, 6.07) is 19.3. The van der Waals surface area contributed by atoms with Crippen molar-refractivity contribution in [2.45, 2.75) is 12.5 Å². The average Bonchev–Trinajstić information content (AvgIpc) is 3.32. The van der Waals surface area contributed by atoms with E-state index in [9.17, 15) is 4.79 Å². The number of nitrogens with one attached hydrogen (secondary N) is 2. The lowest BCUT2D eigenvalue weighted by molar-refractivity contribution is 0.0940. The Morgan fingerprint density at radius 1 is 1.15 bits per heavy atom. The van der Waals surface area contributed by atoms with Crippen LogP contribution in [0.15, 0.2) is 60.7 Å². The fourth-order valence-corrected chi connectivity index (χ4v) is 3.45. The molecule has 0 aliphatic carbocycles. The quantitative estimate of drug-likeness (QED) is 0.739. The van der Waals surface area contributed by atoms with Gasteiger partial charge in [0.05, 0.1) is 16.3 Å². The van der Waals surface area contributed by atoms with Gasteiger partial charge in [0.1, 0.15) is 0 Å². The van der Waals surface area contributed by atoms with E-state index in [0.717, 1.165) is 36.6 Å². The summed E-state index contributed by atoms with van der Waals surface area (Å²) in [6.45, 7) is 1.59. The zero-order chi connectivity index (χ0) is 17.9. The number of carbonyl (C=O) groups is 1. The third kappa shape index (κ3) is 3.44. The maximum Gasteiger partial charge on any atom is 0.253 e. The number of hydrogen-bond donors (Lipinski definition) is 2. The molecule has 1 aromatic heterocycles. The van der Waals surface area contributed by atoms with Crippen molar-refractivity contribution in [3.05, 3.63) is 71.2 Å². The Morgan fingerprint density at radius 2 is 1.92 bits per heavy atom. The Hall–Kier alpha value is -2.79. The van der Waals surface area contributed by atoms with E-state index < -0.39 is 0 Å². The molecule has 1 amide bonds. The van der Waals surface area contributed by atoms with Gasteiger partial charge in [-0.25, -0.2) is 0 Å². The van der Waals surface area contributed by atoms with E-state index in [-0.39, 0.29) is 11.9 Å². The monoisotopic (exact) mass is 366 g/mol. The summed E-state index contributed by atoms with van der Waals surface area (Å²) in [5.74, 6) is 0.771. The number of aromatic amines is 1. The molecule has 6 heteroatoms. The largest absolute Gasteiger partial charge is 0.353 e. The summed E-state index contributed by atoms with van der Waals surface area (Å²) < 4.78 is 0. The summed E-state index contributed by atoms with van der Waals surface area (Å²) in [5.41, 5.74) is 2.61. The van der Waals surface area contributed by atoms with Gasteiger partial charge in [-0.1, -0.05) is 54.1 Å². The second-order valence-electron chi connectivity index (χ2n) is 6.39. The second-order valence-corrected chi connectivity index (χ2v) is 6.80. The Labute approximate surface area is 157 Å². The number of halogens is 1. The third-order valence-corrected chi connectivity index (χ3v) is 4.94. The summed E-state index contributed by atoms with van der Waals surface area (Å²) in [6.07, 6.45) is 0.879. The number of carbonyl (C=O) groups excluding carboxylic acids is 1. The van der Waals surface area contributed by atoms with Gasteiger partial charge >= 0.3 is 0 Å². The lowest BCUT2D eigenvalue weighted by atomic mass is 10.1. The van der Waals surface area contributed by atoms with E-state index in [1.54, 1.807) is 12.1 Å². The molecule has 2 N–H and O–H groups in total. The number of H-pyrrole nitrogens is 1. The van der Waals surface area contributed by atoms with Crippen molar-refractivity contribution in [3.63, 3.8) is 0 Å². The van der Waals surface area contributed by atoms with E-state index in [1.165, 1.54) is 0 Å². The smallest absolute Gasteiger partial charge is 0.253 e. The molecule has 1 fully saturated rings. The number of rotatable bonds is 4. The van der Waals surface area contributed by atoms with E-state index in [0.29, 0.717) is 10.6 Å². The minimum atomic E-state index is -0.130. The first-order valence-electron chi connectivity index (χ1n) is 8.62. The van der Waals surface area contributed by atoms with Gasteiger partial charge < -0.3 is 10.2 Å². The van der Waals surface area contributed by atoms with Gasteiger partial charge in [0.25, 0.3) is 5.91 Å². The Bertz CT molecular complexity index is 909. The van der Waals surface area contributed by atoms with Crippen LogP contribution in [-0.2, 0) is 0 Å². The van der Waals surface area contributed by atoms with E-state index in [4.69, 9.17) is 11.6 Å². The minimum absolute atomic E-state index is 0.0793. The fraction of sp³-hybridized carbons (Fsp3) is 0.200. The minimum Gasteiger partial charge on any atom is -0.353 e. The molecule has 1 saturated heterocycles. The van der Waals surface area contributed by atoms with Crippen LogP contribution in [-0.4, -0.2) is 35.2 Å². The lowest BCUT2D eigenvalue weighted by Crippen LogP contribution is -2.37. The molecule has 1 aliphatic heterocycles. The number of benzene rings is 2. The number of anilines is 1. The Balaban J connectivity index is 1.41. The maximum atomic E-state index is 12.4. The van der Waals surface area contributed by atoms with E-state index in [1.807, 2.05) is 48.5 Å². The Morgan fingerprint density at radius 3 is 2.73 bits per heavy atom. The van der Waals surface area contributed by atoms with Crippen LogP contribution in [0.2, 0.25) is 5.02 Å². The molecule has 132 valence electrons. The molecule has 26 heavy (non-hydrogen) atoms. The summed E-state index contributed by atoms with van der Waals surface area (Å²) in [7, 11) is 0. The molecule has 0 bridgehead atoms. The number of amides is 1. The third-order valence-electron chi connectivity index (χ3n) is 4.62. The molecule has 5 nitrogen and oxygen atoms in total. The molecular formula is C20H19ClN4O. The van der Waals surface area contributed by atoms with Crippen molar-refractivity contribution in [3.8, 4) is 11.3 Å². The highest BCUT2D eigenvalue weighted by Crippen LogP contribution is 2.24. The summed E-state index contributed by atoms with van der Waals surface area (Å²) in [4.78, 5) is 14.6. The van der Waals surface area contributed by atoms with Crippen molar-refractivity contribution >= 4 is 23.3 Å². The first-order chi connectivity index (χ1) is 12.7. The van der Waals surface area contributed by atoms with Gasteiger partial charge in [-0.2, -0.15) is 5.10 Å². The van der Waals surface area contributed by atoms with Crippen molar-refractivity contribution < 1.29 is 4.79 Å². The molecule has 3 aromatic rings. The zero-order valence-corrected chi connectivity index (χ0v) is 14.9. The molecule has 2 heterocycles. The van der Waals surface area contributed by atoms with Crippen LogP contribution >= 0.6 is 11.6 Å². The van der Waals surface area contributed by atoms with Crippen LogP contribution in [0.4, 0.5) is 5.82 Å². The Kier molecular flexibility index (Phi) is 4.63. The first kappa shape index (κ1) is 16.7. The molecule has 0 saturated carbocycles. The molecule has 4 rings (SSSR count). The van der Waals surface area contributed by atoms with Crippen LogP contribution in [0.25, 0.3) is 11.3 Å². The van der Waals surface area contributed by atoms with Crippen LogP contribution in [0, 0.1) is 0 Å². The molecule has 0 unspecified atom stereocenters. The highest BCUT2D eigenvalue weighted by Gasteiger charge is 2.26. The van der Waals surface area contributed by atoms with Crippen molar-refractivity contribution in [2.75, 3.05) is 18.0 Å². The highest BCUT2D eigenvalue weighted by molar-refractivity contribution is 6.33. The SMILES string of the molecule is O=C(N[C@@H]1CCN(c2cc(-c3ccccc3)[nH]n2)C1)c1ccccc1Cl. The van der Waals surface area contributed by atoms with E-state index >= 15 is 0 Å². The topological polar surface area (TPSA) is 61.0 Å². The van der Waals surface area contributed by atoms with Gasteiger partial charge in [0, 0.05) is 25.2 Å². The number of aromatic nitrogens is 2. The van der Waals surface area contributed by atoms with Gasteiger partial charge in [-0.3, -0.25) is 9.89 Å². The molecule has 0 radical (unpaired) electrons.